The lowest BCUT2D eigenvalue weighted by molar-refractivity contribution is -0.346. The maximum atomic E-state index is 13.1. The van der Waals surface area contributed by atoms with Gasteiger partial charge in [-0.25, -0.2) is 4.99 Å². The maximum Gasteiger partial charge on any atom is 0.380 e. The number of nitrogens with two attached hydrogens (primary N) is 1. The van der Waals surface area contributed by atoms with Gasteiger partial charge in [-0.3, -0.25) is 9.78 Å². The molecule has 6 N–H and O–H groups in total. The Labute approximate surface area is 178 Å². The number of hydrogen-bond acceptors (Lipinski definition) is 9. The summed E-state index contributed by atoms with van der Waals surface area (Å²) in [6.45, 7) is 4.49. The third-order valence-electron chi connectivity index (χ3n) is 5.03. The van der Waals surface area contributed by atoms with E-state index >= 15 is 0 Å². The van der Waals surface area contributed by atoms with Crippen LogP contribution in [0.2, 0.25) is 0 Å². The number of anilines is 2. The Bertz CT molecular complexity index is 958. The summed E-state index contributed by atoms with van der Waals surface area (Å²) in [5.74, 6) is 1.13. The molecular formula is C19H27N8O2S+. The molecule has 0 bridgehead atoms. The molecular weight excluding hydrogens is 404 g/mol. The highest BCUT2D eigenvalue weighted by atomic mass is 32.1. The summed E-state index contributed by atoms with van der Waals surface area (Å²) in [5, 5.41) is 9.41. The zero-order valence-corrected chi connectivity index (χ0v) is 17.5. The lowest BCUT2D eigenvalue weighted by atomic mass is 10.1. The number of rotatable bonds is 6. The lowest BCUT2D eigenvalue weighted by Gasteiger charge is -2.29. The summed E-state index contributed by atoms with van der Waals surface area (Å²) in [6, 6.07) is 0.212. The Kier molecular flexibility index (Phi) is 6.72. The fourth-order valence-electron chi connectivity index (χ4n) is 3.53. The van der Waals surface area contributed by atoms with E-state index in [2.05, 4.69) is 25.6 Å². The van der Waals surface area contributed by atoms with Crippen molar-refractivity contribution in [1.29, 1.82) is 0 Å². The SMILES string of the molecule is NC=CC=[NH+]c1nc(-c2c(NC3CCCNC3)nc(N3CCOCC3)[nH]c2=O)cs1. The molecule has 0 saturated carbocycles. The smallest absolute Gasteiger partial charge is 0.380 e. The predicted molar refractivity (Wildman–Crippen MR) is 119 cm³/mol. The number of H-pyrrole nitrogens is 1. The van der Waals surface area contributed by atoms with Crippen molar-refractivity contribution in [3.8, 4) is 11.3 Å². The number of aromatic nitrogens is 3. The second kappa shape index (κ2) is 9.83. The fourth-order valence-corrected chi connectivity index (χ4v) is 4.21. The molecule has 2 fully saturated rings. The molecule has 2 aromatic heterocycles. The van der Waals surface area contributed by atoms with E-state index in [1.54, 1.807) is 12.3 Å². The second-order valence-corrected chi connectivity index (χ2v) is 7.99. The molecule has 4 rings (SSSR count). The van der Waals surface area contributed by atoms with E-state index in [-0.39, 0.29) is 11.6 Å². The van der Waals surface area contributed by atoms with Crippen molar-refractivity contribution >= 4 is 34.4 Å². The summed E-state index contributed by atoms with van der Waals surface area (Å²) in [6.07, 6.45) is 6.91. The van der Waals surface area contributed by atoms with Gasteiger partial charge in [0.1, 0.15) is 11.4 Å². The maximum absolute atomic E-state index is 13.1. The summed E-state index contributed by atoms with van der Waals surface area (Å²) in [4.78, 5) is 30.5. The molecule has 0 radical (unpaired) electrons. The first-order valence-electron chi connectivity index (χ1n) is 10.1. The Hall–Kier alpha value is -2.76. The molecule has 2 aliphatic heterocycles. The van der Waals surface area contributed by atoms with Crippen LogP contribution in [0.25, 0.3) is 11.3 Å². The molecule has 10 nitrogen and oxygen atoms in total. The van der Waals surface area contributed by atoms with Gasteiger partial charge in [-0.1, -0.05) is 11.3 Å². The minimum absolute atomic E-state index is 0.208. The molecule has 0 aliphatic carbocycles. The van der Waals surface area contributed by atoms with Gasteiger partial charge in [-0.2, -0.15) is 4.98 Å². The van der Waals surface area contributed by atoms with Gasteiger partial charge < -0.3 is 26.0 Å². The highest BCUT2D eigenvalue weighted by Gasteiger charge is 2.25. The highest BCUT2D eigenvalue weighted by Crippen LogP contribution is 2.27. The zero-order valence-electron chi connectivity index (χ0n) is 16.7. The molecule has 0 spiro atoms. The lowest BCUT2D eigenvalue weighted by Crippen LogP contribution is -2.60. The summed E-state index contributed by atoms with van der Waals surface area (Å²) in [7, 11) is 0. The van der Waals surface area contributed by atoms with Gasteiger partial charge in [0.2, 0.25) is 11.6 Å². The van der Waals surface area contributed by atoms with Gasteiger partial charge in [-0.15, -0.1) is 0 Å². The summed E-state index contributed by atoms with van der Waals surface area (Å²) in [5.41, 5.74) is 6.18. The molecule has 2 aromatic rings. The first-order valence-corrected chi connectivity index (χ1v) is 11.0. The molecule has 4 heterocycles. The van der Waals surface area contributed by atoms with Crippen LogP contribution in [0.3, 0.4) is 0 Å². The minimum atomic E-state index is -0.208. The first-order chi connectivity index (χ1) is 14.7. The van der Waals surface area contributed by atoms with Crippen LogP contribution in [0.5, 0.6) is 0 Å². The molecule has 0 aromatic carbocycles. The average Bonchev–Trinajstić information content (AvgIpc) is 3.23. The number of piperidine rings is 1. The second-order valence-electron chi connectivity index (χ2n) is 7.13. The van der Waals surface area contributed by atoms with Crippen LogP contribution >= 0.6 is 11.3 Å². The molecule has 11 heteroatoms. The number of aromatic amines is 1. The van der Waals surface area contributed by atoms with Gasteiger partial charge in [0.15, 0.2) is 0 Å². The molecule has 2 aliphatic rings. The zero-order chi connectivity index (χ0) is 20.8. The van der Waals surface area contributed by atoms with E-state index < -0.39 is 0 Å². The number of morpholine rings is 1. The number of ether oxygens (including phenoxy) is 1. The largest absolute Gasteiger partial charge is 0.404 e. The Morgan fingerprint density at radius 2 is 2.23 bits per heavy atom. The van der Waals surface area contributed by atoms with Crippen molar-refractivity contribution in [3.63, 3.8) is 0 Å². The summed E-state index contributed by atoms with van der Waals surface area (Å²) >= 11 is 1.41. The van der Waals surface area contributed by atoms with Crippen LogP contribution in [0.4, 0.5) is 16.9 Å². The van der Waals surface area contributed by atoms with Gasteiger partial charge >= 0.3 is 5.13 Å². The number of allylic oxidation sites excluding steroid dienone is 1. The Morgan fingerprint density at radius 3 is 3.00 bits per heavy atom. The van der Waals surface area contributed by atoms with E-state index in [0.717, 1.165) is 25.9 Å². The topological polar surface area (TPSA) is 135 Å². The Morgan fingerprint density at radius 1 is 1.37 bits per heavy atom. The van der Waals surface area contributed by atoms with Crippen LogP contribution < -0.4 is 31.8 Å². The third kappa shape index (κ3) is 4.86. The standard InChI is InChI=1S/C19H26N8O2S/c20-4-2-6-22-19-24-14(12-30-19)15-16(23-13-3-1-5-21-11-13)25-18(26-17(15)28)27-7-9-29-10-8-27/h2,4,6,12-13,21H,1,3,5,7-11,20H2,(H2,23,25,26,28)/p+1. The first kappa shape index (κ1) is 20.5. The van der Waals surface area contributed by atoms with Crippen LogP contribution in [0.15, 0.2) is 22.5 Å². The van der Waals surface area contributed by atoms with Crippen molar-refractivity contribution in [1.82, 2.24) is 20.3 Å². The average molecular weight is 432 g/mol. The van der Waals surface area contributed by atoms with E-state index in [9.17, 15) is 4.79 Å². The van der Waals surface area contributed by atoms with Gasteiger partial charge in [0.05, 0.1) is 24.8 Å². The van der Waals surface area contributed by atoms with Crippen molar-refractivity contribution in [2.24, 2.45) is 5.73 Å². The Balaban J connectivity index is 1.69. The van der Waals surface area contributed by atoms with E-state index in [4.69, 9.17) is 15.5 Å². The fraction of sp³-hybridized carbons (Fsp3) is 0.474. The van der Waals surface area contributed by atoms with Crippen molar-refractivity contribution in [2.45, 2.75) is 18.9 Å². The van der Waals surface area contributed by atoms with Crippen molar-refractivity contribution < 1.29 is 9.73 Å². The van der Waals surface area contributed by atoms with Gasteiger partial charge in [-0.05, 0) is 36.6 Å². The molecule has 160 valence electrons. The number of thiazole rings is 1. The quantitative estimate of drug-likeness (QED) is 0.373. The molecule has 0 amide bonds. The normalized spacial score (nSPS) is 20.3. The summed E-state index contributed by atoms with van der Waals surface area (Å²) < 4.78 is 5.42. The molecule has 2 saturated heterocycles. The van der Waals surface area contributed by atoms with Crippen LogP contribution in [0.1, 0.15) is 12.8 Å². The van der Waals surface area contributed by atoms with Crippen LogP contribution in [-0.4, -0.2) is 66.6 Å². The van der Waals surface area contributed by atoms with E-state index in [1.165, 1.54) is 17.5 Å². The predicted octanol–water partition coefficient (Wildman–Crippen LogP) is -0.851. The van der Waals surface area contributed by atoms with E-state index in [0.29, 0.717) is 54.5 Å². The molecule has 1 unspecified atom stereocenters. The van der Waals surface area contributed by atoms with Crippen LogP contribution in [-0.2, 0) is 4.74 Å². The van der Waals surface area contributed by atoms with Gasteiger partial charge in [0.25, 0.3) is 5.56 Å². The van der Waals surface area contributed by atoms with Crippen LogP contribution in [0, 0.1) is 0 Å². The van der Waals surface area contributed by atoms with E-state index in [1.807, 2.05) is 10.3 Å². The number of hydrogen-bond donors (Lipinski definition) is 5. The van der Waals surface area contributed by atoms with Gasteiger partial charge in [0, 0.05) is 25.7 Å². The van der Waals surface area contributed by atoms with Crippen molar-refractivity contribution in [2.75, 3.05) is 49.6 Å². The minimum Gasteiger partial charge on any atom is -0.404 e. The number of nitrogens with one attached hydrogen (secondary N) is 4. The van der Waals surface area contributed by atoms with Crippen molar-refractivity contribution in [3.05, 3.63) is 28.0 Å². The monoisotopic (exact) mass is 431 g/mol. The molecule has 30 heavy (non-hydrogen) atoms. The molecule has 1 atom stereocenters. The highest BCUT2D eigenvalue weighted by molar-refractivity contribution is 7.13. The third-order valence-corrected chi connectivity index (χ3v) is 5.80. The number of nitrogens with zero attached hydrogens (tertiary/aromatic N) is 3.